The fourth-order valence-electron chi connectivity index (χ4n) is 2.56. The molecule has 2 aliphatic rings. The molecule has 0 spiro atoms. The molecule has 2 rings (SSSR count). The molecular weight excluding hydrogens is 232 g/mol. The van der Waals surface area contributed by atoms with E-state index in [2.05, 4.69) is 0 Å². The van der Waals surface area contributed by atoms with E-state index in [1.807, 2.05) is 33.8 Å². The van der Waals surface area contributed by atoms with Crippen molar-refractivity contribution in [3.8, 4) is 0 Å². The van der Waals surface area contributed by atoms with Gasteiger partial charge in [-0.2, -0.15) is 0 Å². The molecule has 0 N–H and O–H groups in total. The molecule has 2 fully saturated rings. The Morgan fingerprint density at radius 2 is 2.17 bits per heavy atom. The second kappa shape index (κ2) is 4.41. The molecule has 4 heteroatoms. The maximum atomic E-state index is 11.9. The summed E-state index contributed by atoms with van der Waals surface area (Å²) in [6.45, 7) is 8.20. The van der Waals surface area contributed by atoms with Crippen LogP contribution in [-0.4, -0.2) is 24.6 Å². The Labute approximate surface area is 107 Å². The van der Waals surface area contributed by atoms with E-state index < -0.39 is 0 Å². The number of allylic oxidation sites excluding steroid dienone is 1. The summed E-state index contributed by atoms with van der Waals surface area (Å²) in [4.78, 5) is 23.3. The van der Waals surface area contributed by atoms with Crippen LogP contribution < -0.4 is 0 Å². The second-order valence-corrected chi connectivity index (χ2v) is 5.89. The minimum absolute atomic E-state index is 0.0874. The molecule has 4 nitrogen and oxygen atoms in total. The Morgan fingerprint density at radius 1 is 1.50 bits per heavy atom. The van der Waals surface area contributed by atoms with Crippen molar-refractivity contribution in [3.63, 3.8) is 0 Å². The van der Waals surface area contributed by atoms with E-state index in [0.29, 0.717) is 18.6 Å². The van der Waals surface area contributed by atoms with Crippen molar-refractivity contribution in [3.05, 3.63) is 11.6 Å². The highest BCUT2D eigenvalue weighted by Gasteiger charge is 2.61. The largest absolute Gasteiger partial charge is 0.463 e. The number of ether oxygens (including phenoxy) is 2. The molecule has 0 radical (unpaired) electrons. The predicted molar refractivity (Wildman–Crippen MR) is 65.6 cm³/mol. The summed E-state index contributed by atoms with van der Waals surface area (Å²) >= 11 is 0. The van der Waals surface area contributed by atoms with E-state index in [-0.39, 0.29) is 35.3 Å². The van der Waals surface area contributed by atoms with Crippen molar-refractivity contribution in [1.29, 1.82) is 0 Å². The topological polar surface area (TPSA) is 52.6 Å². The molecule has 18 heavy (non-hydrogen) atoms. The fraction of sp³-hybridized carbons (Fsp3) is 0.714. The zero-order chi connectivity index (χ0) is 13.5. The van der Waals surface area contributed by atoms with E-state index in [1.54, 1.807) is 0 Å². The molecular formula is C14H20O4. The van der Waals surface area contributed by atoms with Gasteiger partial charge in [0.05, 0.1) is 18.6 Å². The van der Waals surface area contributed by atoms with Crippen LogP contribution in [0.25, 0.3) is 0 Å². The van der Waals surface area contributed by atoms with Crippen molar-refractivity contribution >= 4 is 11.9 Å². The van der Waals surface area contributed by atoms with Crippen molar-refractivity contribution in [2.24, 2.45) is 17.3 Å². The van der Waals surface area contributed by atoms with Gasteiger partial charge < -0.3 is 9.47 Å². The van der Waals surface area contributed by atoms with Crippen LogP contribution in [0.4, 0.5) is 0 Å². The number of carbonyl (C=O) groups is 2. The lowest BCUT2D eigenvalue weighted by Crippen LogP contribution is -2.15. The number of cyclic esters (lactones) is 1. The van der Waals surface area contributed by atoms with E-state index >= 15 is 0 Å². The third kappa shape index (κ3) is 2.28. The highest BCUT2D eigenvalue weighted by Crippen LogP contribution is 2.60. The first-order valence-corrected chi connectivity index (χ1v) is 6.42. The smallest absolute Gasteiger partial charge is 0.333 e. The lowest BCUT2D eigenvalue weighted by molar-refractivity contribution is -0.150. The third-order valence-corrected chi connectivity index (χ3v) is 3.76. The zero-order valence-corrected chi connectivity index (χ0v) is 11.4. The molecule has 0 aromatic carbocycles. The summed E-state index contributed by atoms with van der Waals surface area (Å²) in [6.07, 6.45) is 2.46. The van der Waals surface area contributed by atoms with Gasteiger partial charge in [0.1, 0.15) is 0 Å². The molecule has 1 aliphatic carbocycles. The Balaban J connectivity index is 2.07. The maximum Gasteiger partial charge on any atom is 0.333 e. The molecule has 0 bridgehead atoms. The average Bonchev–Trinajstić information content (AvgIpc) is 2.56. The molecule has 2 unspecified atom stereocenters. The molecule has 2 atom stereocenters. The highest BCUT2D eigenvalue weighted by atomic mass is 16.5. The van der Waals surface area contributed by atoms with Gasteiger partial charge in [-0.15, -0.1) is 0 Å². The molecule has 1 heterocycles. The molecule has 100 valence electrons. The summed E-state index contributed by atoms with van der Waals surface area (Å²) in [5.41, 5.74) is 0.579. The molecule has 0 aromatic rings. The normalized spacial score (nSPS) is 31.6. The third-order valence-electron chi connectivity index (χ3n) is 3.76. The van der Waals surface area contributed by atoms with Gasteiger partial charge in [0.25, 0.3) is 0 Å². The van der Waals surface area contributed by atoms with Gasteiger partial charge in [-0.05, 0) is 25.2 Å². The standard InChI is InChI=1S/C14H20O4/c1-8(2)18-13(16)11-10(14(11,3)4)7-9-5-6-17-12(9)15/h7-8,10-11H,5-6H2,1-4H3. The second-order valence-electron chi connectivity index (χ2n) is 5.89. The molecule has 1 aliphatic heterocycles. The van der Waals surface area contributed by atoms with Crippen LogP contribution in [0.5, 0.6) is 0 Å². The summed E-state index contributed by atoms with van der Waals surface area (Å²) < 4.78 is 10.1. The molecule has 1 saturated heterocycles. The first kappa shape index (κ1) is 13.1. The van der Waals surface area contributed by atoms with Crippen LogP contribution in [0.15, 0.2) is 11.6 Å². The van der Waals surface area contributed by atoms with E-state index in [9.17, 15) is 9.59 Å². The van der Waals surface area contributed by atoms with Gasteiger partial charge >= 0.3 is 11.9 Å². The first-order valence-electron chi connectivity index (χ1n) is 6.42. The number of hydrogen-bond donors (Lipinski definition) is 0. The summed E-state index contributed by atoms with van der Waals surface area (Å²) in [5.74, 6) is -0.456. The minimum Gasteiger partial charge on any atom is -0.463 e. The van der Waals surface area contributed by atoms with Crippen LogP contribution in [0, 0.1) is 17.3 Å². The van der Waals surface area contributed by atoms with Gasteiger partial charge in [0.2, 0.25) is 0 Å². The monoisotopic (exact) mass is 252 g/mol. The Morgan fingerprint density at radius 3 is 2.67 bits per heavy atom. The number of carbonyl (C=O) groups excluding carboxylic acids is 2. The van der Waals surface area contributed by atoms with Crippen LogP contribution in [0.2, 0.25) is 0 Å². The summed E-state index contributed by atoms with van der Waals surface area (Å²) in [7, 11) is 0. The highest BCUT2D eigenvalue weighted by molar-refractivity contribution is 5.90. The Bertz CT molecular complexity index is 406. The van der Waals surface area contributed by atoms with E-state index in [0.717, 1.165) is 0 Å². The minimum atomic E-state index is -0.242. The van der Waals surface area contributed by atoms with Gasteiger partial charge in [-0.25, -0.2) is 4.79 Å². The molecule has 0 aromatic heterocycles. The van der Waals surface area contributed by atoms with Crippen LogP contribution in [-0.2, 0) is 19.1 Å². The van der Waals surface area contributed by atoms with Gasteiger partial charge in [0.15, 0.2) is 0 Å². The quantitative estimate of drug-likeness (QED) is 0.570. The Hall–Kier alpha value is -1.32. The van der Waals surface area contributed by atoms with Gasteiger partial charge in [0, 0.05) is 12.0 Å². The van der Waals surface area contributed by atoms with Crippen molar-refractivity contribution in [2.75, 3.05) is 6.61 Å². The van der Waals surface area contributed by atoms with Crippen molar-refractivity contribution < 1.29 is 19.1 Å². The van der Waals surface area contributed by atoms with Crippen LogP contribution in [0.3, 0.4) is 0 Å². The van der Waals surface area contributed by atoms with Crippen molar-refractivity contribution in [1.82, 2.24) is 0 Å². The van der Waals surface area contributed by atoms with Crippen LogP contribution >= 0.6 is 0 Å². The molecule has 0 amide bonds. The predicted octanol–water partition coefficient (Wildman–Crippen LogP) is 2.08. The lowest BCUT2D eigenvalue weighted by atomic mass is 10.1. The van der Waals surface area contributed by atoms with Crippen LogP contribution in [0.1, 0.15) is 34.1 Å². The number of hydrogen-bond acceptors (Lipinski definition) is 4. The average molecular weight is 252 g/mol. The number of esters is 2. The van der Waals surface area contributed by atoms with E-state index in [1.165, 1.54) is 0 Å². The van der Waals surface area contributed by atoms with Gasteiger partial charge in [-0.1, -0.05) is 19.9 Å². The maximum absolute atomic E-state index is 11.9. The fourth-order valence-corrected chi connectivity index (χ4v) is 2.56. The first-order chi connectivity index (χ1) is 8.34. The van der Waals surface area contributed by atoms with E-state index in [4.69, 9.17) is 9.47 Å². The van der Waals surface area contributed by atoms with Crippen molar-refractivity contribution in [2.45, 2.75) is 40.2 Å². The lowest BCUT2D eigenvalue weighted by Gasteiger charge is -2.08. The Kier molecular flexibility index (Phi) is 3.21. The van der Waals surface area contributed by atoms with Gasteiger partial charge in [-0.3, -0.25) is 4.79 Å². The SMILES string of the molecule is CC(C)OC(=O)C1C(C=C2CCOC2=O)C1(C)C. The molecule has 1 saturated carbocycles. The summed E-state index contributed by atoms with van der Waals surface area (Å²) in [5, 5.41) is 0. The zero-order valence-electron chi connectivity index (χ0n) is 11.4. The summed E-state index contributed by atoms with van der Waals surface area (Å²) in [6, 6.07) is 0. The number of rotatable bonds is 3.